The first-order chi connectivity index (χ1) is 6.29. The Hall–Kier alpha value is -1.29. The van der Waals surface area contributed by atoms with Crippen molar-refractivity contribution in [2.75, 3.05) is 18.5 Å². The van der Waals surface area contributed by atoms with E-state index in [4.69, 9.17) is 9.84 Å². The van der Waals surface area contributed by atoms with Gasteiger partial charge in [-0.3, -0.25) is 0 Å². The van der Waals surface area contributed by atoms with Crippen molar-refractivity contribution in [3.63, 3.8) is 0 Å². The fraction of sp³-hybridized carbons (Fsp3) is 0.333. The van der Waals surface area contributed by atoms with Crippen molar-refractivity contribution in [2.24, 2.45) is 0 Å². The van der Waals surface area contributed by atoms with E-state index in [1.165, 1.54) is 12.1 Å². The van der Waals surface area contributed by atoms with Gasteiger partial charge in [0.05, 0.1) is 18.3 Å². The number of nitrogens with one attached hydrogen (secondary N) is 1. The van der Waals surface area contributed by atoms with E-state index in [-0.39, 0.29) is 18.5 Å². The Morgan fingerprint density at radius 3 is 3.23 bits per heavy atom. The Morgan fingerprint density at radius 1 is 1.62 bits per heavy atom. The molecule has 0 radical (unpaired) electrons. The molecular weight excluding hydrogens is 173 g/mol. The third kappa shape index (κ3) is 1.58. The van der Waals surface area contributed by atoms with E-state index in [1.807, 2.05) is 0 Å². The van der Waals surface area contributed by atoms with Gasteiger partial charge in [0.25, 0.3) is 0 Å². The molecule has 1 aliphatic heterocycles. The quantitative estimate of drug-likeness (QED) is 0.682. The van der Waals surface area contributed by atoms with Crippen molar-refractivity contribution < 1.29 is 14.2 Å². The van der Waals surface area contributed by atoms with Crippen molar-refractivity contribution in [1.29, 1.82) is 0 Å². The van der Waals surface area contributed by atoms with E-state index >= 15 is 0 Å². The second-order valence-electron chi connectivity index (χ2n) is 2.98. The highest BCUT2D eigenvalue weighted by molar-refractivity contribution is 5.58. The van der Waals surface area contributed by atoms with E-state index in [0.29, 0.717) is 12.4 Å². The molecule has 0 aliphatic carbocycles. The van der Waals surface area contributed by atoms with Gasteiger partial charge < -0.3 is 15.2 Å². The van der Waals surface area contributed by atoms with Crippen molar-refractivity contribution in [3.8, 4) is 5.75 Å². The van der Waals surface area contributed by atoms with Crippen LogP contribution in [-0.4, -0.2) is 24.4 Å². The van der Waals surface area contributed by atoms with Crippen LogP contribution in [0.3, 0.4) is 0 Å². The van der Waals surface area contributed by atoms with Gasteiger partial charge in [0, 0.05) is 6.07 Å². The second-order valence-corrected chi connectivity index (χ2v) is 2.98. The molecule has 13 heavy (non-hydrogen) atoms. The van der Waals surface area contributed by atoms with Crippen molar-refractivity contribution in [3.05, 3.63) is 24.0 Å². The van der Waals surface area contributed by atoms with E-state index in [2.05, 4.69) is 5.32 Å². The number of aliphatic hydroxyl groups excluding tert-OH is 1. The Bertz CT molecular complexity index is 316. The zero-order chi connectivity index (χ0) is 9.26. The monoisotopic (exact) mass is 183 g/mol. The lowest BCUT2D eigenvalue weighted by Crippen LogP contribution is -2.34. The molecule has 0 fully saturated rings. The Labute approximate surface area is 75.1 Å². The maximum atomic E-state index is 12.7. The molecule has 1 aliphatic rings. The molecule has 1 heterocycles. The van der Waals surface area contributed by atoms with Gasteiger partial charge in [-0.05, 0) is 12.1 Å². The molecule has 3 nitrogen and oxygen atoms in total. The number of benzene rings is 1. The summed E-state index contributed by atoms with van der Waals surface area (Å²) in [7, 11) is 0. The zero-order valence-corrected chi connectivity index (χ0v) is 6.96. The molecule has 4 heteroatoms. The number of anilines is 1. The molecule has 1 aromatic rings. The molecule has 1 aromatic carbocycles. The minimum atomic E-state index is -0.317. The molecule has 2 rings (SSSR count). The van der Waals surface area contributed by atoms with Crippen LogP contribution >= 0.6 is 0 Å². The molecule has 0 saturated carbocycles. The molecular formula is C9H10FNO2. The molecule has 0 aromatic heterocycles. The smallest absolute Gasteiger partial charge is 0.145 e. The summed E-state index contributed by atoms with van der Waals surface area (Å²) in [4.78, 5) is 0. The molecule has 70 valence electrons. The van der Waals surface area contributed by atoms with Crippen LogP contribution in [0.2, 0.25) is 0 Å². The van der Waals surface area contributed by atoms with Crippen LogP contribution in [0.1, 0.15) is 0 Å². The highest BCUT2D eigenvalue weighted by Crippen LogP contribution is 2.29. The summed E-state index contributed by atoms with van der Waals surface area (Å²) in [5.41, 5.74) is 0.728. The number of hydrogen-bond donors (Lipinski definition) is 2. The van der Waals surface area contributed by atoms with Gasteiger partial charge in [-0.25, -0.2) is 4.39 Å². The number of halogens is 1. The van der Waals surface area contributed by atoms with Gasteiger partial charge in [-0.15, -0.1) is 0 Å². The number of aliphatic hydroxyl groups is 1. The van der Waals surface area contributed by atoms with E-state index in [9.17, 15) is 4.39 Å². The molecule has 0 bridgehead atoms. The summed E-state index contributed by atoms with van der Waals surface area (Å²) in [6.07, 6.45) is 0. The van der Waals surface area contributed by atoms with Gasteiger partial charge in [-0.2, -0.15) is 0 Å². The van der Waals surface area contributed by atoms with Crippen molar-refractivity contribution in [1.82, 2.24) is 0 Å². The lowest BCUT2D eigenvalue weighted by Gasteiger charge is -2.25. The van der Waals surface area contributed by atoms with Gasteiger partial charge >= 0.3 is 0 Å². The third-order valence-corrected chi connectivity index (χ3v) is 1.96. The summed E-state index contributed by atoms with van der Waals surface area (Å²) in [6.45, 7) is 0.379. The standard InChI is InChI=1S/C9H10FNO2/c10-6-1-2-8-9(3-6)13-5-7(4-12)11-8/h1-3,7,11-12H,4-5H2. The maximum Gasteiger partial charge on any atom is 0.145 e. The molecule has 0 amide bonds. The second kappa shape index (κ2) is 3.22. The lowest BCUT2D eigenvalue weighted by molar-refractivity contribution is 0.207. The fourth-order valence-corrected chi connectivity index (χ4v) is 1.29. The van der Waals surface area contributed by atoms with Gasteiger partial charge in [0.1, 0.15) is 18.2 Å². The Morgan fingerprint density at radius 2 is 2.46 bits per heavy atom. The minimum absolute atomic E-state index is 0.0107. The Balaban J connectivity index is 2.26. The summed E-state index contributed by atoms with van der Waals surface area (Å²) in [5.74, 6) is 0.188. The van der Waals surface area contributed by atoms with E-state index in [1.54, 1.807) is 6.07 Å². The highest BCUT2D eigenvalue weighted by Gasteiger charge is 2.17. The van der Waals surface area contributed by atoms with Crippen molar-refractivity contribution in [2.45, 2.75) is 6.04 Å². The van der Waals surface area contributed by atoms with Gasteiger partial charge in [0.15, 0.2) is 0 Å². The Kier molecular flexibility index (Phi) is 2.06. The van der Waals surface area contributed by atoms with Crippen LogP contribution in [0.25, 0.3) is 0 Å². The number of ether oxygens (including phenoxy) is 1. The summed E-state index contributed by atoms with van der Waals surface area (Å²) in [5, 5.41) is 11.9. The summed E-state index contributed by atoms with van der Waals surface area (Å²) >= 11 is 0. The zero-order valence-electron chi connectivity index (χ0n) is 6.96. The number of hydrogen-bond acceptors (Lipinski definition) is 3. The lowest BCUT2D eigenvalue weighted by atomic mass is 10.2. The topological polar surface area (TPSA) is 41.5 Å². The van der Waals surface area contributed by atoms with Crippen LogP contribution in [0.5, 0.6) is 5.75 Å². The predicted octanol–water partition coefficient (Wildman–Crippen LogP) is 0.991. The first kappa shape index (κ1) is 8.31. The molecule has 0 spiro atoms. The van der Waals surface area contributed by atoms with Crippen LogP contribution in [0.15, 0.2) is 18.2 Å². The average molecular weight is 183 g/mol. The first-order valence-corrected chi connectivity index (χ1v) is 4.09. The largest absolute Gasteiger partial charge is 0.489 e. The average Bonchev–Trinajstić information content (AvgIpc) is 2.17. The predicted molar refractivity (Wildman–Crippen MR) is 46.4 cm³/mol. The molecule has 0 saturated heterocycles. The normalized spacial score (nSPS) is 20.0. The van der Waals surface area contributed by atoms with Gasteiger partial charge in [-0.1, -0.05) is 0 Å². The highest BCUT2D eigenvalue weighted by atomic mass is 19.1. The van der Waals surface area contributed by atoms with Gasteiger partial charge in [0.2, 0.25) is 0 Å². The van der Waals surface area contributed by atoms with Crippen LogP contribution < -0.4 is 10.1 Å². The van der Waals surface area contributed by atoms with Crippen LogP contribution in [0, 0.1) is 5.82 Å². The van der Waals surface area contributed by atoms with E-state index < -0.39 is 0 Å². The fourth-order valence-electron chi connectivity index (χ4n) is 1.29. The molecule has 2 N–H and O–H groups in total. The molecule has 1 atom stereocenters. The van der Waals surface area contributed by atoms with Crippen LogP contribution in [-0.2, 0) is 0 Å². The van der Waals surface area contributed by atoms with Crippen LogP contribution in [0.4, 0.5) is 10.1 Å². The van der Waals surface area contributed by atoms with Crippen molar-refractivity contribution >= 4 is 5.69 Å². The van der Waals surface area contributed by atoms with E-state index in [0.717, 1.165) is 5.69 Å². The first-order valence-electron chi connectivity index (χ1n) is 4.09. The third-order valence-electron chi connectivity index (χ3n) is 1.96. The SMILES string of the molecule is OCC1COc2cc(F)ccc2N1. The number of rotatable bonds is 1. The maximum absolute atomic E-state index is 12.7. The summed E-state index contributed by atoms with van der Waals surface area (Å²) in [6, 6.07) is 4.19. The summed E-state index contributed by atoms with van der Waals surface area (Å²) < 4.78 is 18.0. The molecule has 1 unspecified atom stereocenters. The number of fused-ring (bicyclic) bond motifs is 1. The minimum Gasteiger partial charge on any atom is -0.489 e.